The minimum absolute atomic E-state index is 0.0692. The van der Waals surface area contributed by atoms with Gasteiger partial charge in [-0.1, -0.05) is 18.2 Å². The van der Waals surface area contributed by atoms with Gasteiger partial charge < -0.3 is 14.8 Å². The number of carbonyl (C=O) groups excluding carboxylic acids is 1. The zero-order valence-corrected chi connectivity index (χ0v) is 10.8. The first kappa shape index (κ1) is 13.3. The lowest BCUT2D eigenvalue weighted by atomic mass is 10.1. The van der Waals surface area contributed by atoms with Crippen LogP contribution >= 0.6 is 0 Å². The first-order valence-corrected chi connectivity index (χ1v) is 5.89. The van der Waals surface area contributed by atoms with Crippen LogP contribution in [-0.4, -0.2) is 23.2 Å². The number of hydrogen-bond donors (Lipinski definition) is 2. The van der Waals surface area contributed by atoms with Crippen molar-refractivity contribution in [2.45, 2.75) is 19.4 Å². The zero-order chi connectivity index (χ0) is 14.0. The largest absolute Gasteiger partial charge is 0.422 e. The average molecular weight is 261 g/mol. The molecule has 0 fully saturated rings. The van der Waals surface area contributed by atoms with E-state index in [-0.39, 0.29) is 12.2 Å². The monoisotopic (exact) mass is 261 g/mol. The predicted octanol–water partition coefficient (Wildman–Crippen LogP) is 1.29. The summed E-state index contributed by atoms with van der Waals surface area (Å²) in [6.07, 6.45) is 0. The highest BCUT2D eigenvalue weighted by Crippen LogP contribution is 2.13. The van der Waals surface area contributed by atoms with Crippen molar-refractivity contribution in [3.05, 3.63) is 46.3 Å². The Bertz CT molecular complexity index is 672. The molecule has 0 atom stereocenters. The third kappa shape index (κ3) is 2.82. The van der Waals surface area contributed by atoms with Crippen LogP contribution in [0.2, 0.25) is 0 Å². The Hall–Kier alpha value is -2.14. The lowest BCUT2D eigenvalue weighted by molar-refractivity contribution is 0.0866. The molecule has 0 aliphatic rings. The van der Waals surface area contributed by atoms with E-state index in [2.05, 4.69) is 5.32 Å². The van der Waals surface area contributed by atoms with E-state index in [9.17, 15) is 9.59 Å². The molecule has 1 heterocycles. The maximum atomic E-state index is 12.0. The van der Waals surface area contributed by atoms with Gasteiger partial charge in [0.15, 0.2) is 0 Å². The number of amides is 1. The van der Waals surface area contributed by atoms with Crippen LogP contribution in [0.15, 0.2) is 39.5 Å². The predicted molar refractivity (Wildman–Crippen MR) is 71.1 cm³/mol. The molecule has 0 bridgehead atoms. The standard InChI is InChI=1S/C14H15NO4/c1-14(2,8-16)15-12(17)10-7-9-5-3-4-6-11(9)19-13(10)18/h3-7,16H,8H2,1-2H3,(H,15,17). The fraction of sp³-hybridized carbons (Fsp3) is 0.286. The normalized spacial score (nSPS) is 11.5. The van der Waals surface area contributed by atoms with E-state index >= 15 is 0 Å². The minimum Gasteiger partial charge on any atom is -0.422 e. The molecule has 100 valence electrons. The summed E-state index contributed by atoms with van der Waals surface area (Å²) < 4.78 is 5.08. The van der Waals surface area contributed by atoms with E-state index in [0.717, 1.165) is 0 Å². The van der Waals surface area contributed by atoms with Gasteiger partial charge in [-0.15, -0.1) is 0 Å². The maximum absolute atomic E-state index is 12.0. The Labute approximate surface area is 109 Å². The molecule has 0 saturated carbocycles. The summed E-state index contributed by atoms with van der Waals surface area (Å²) in [5.74, 6) is -0.557. The van der Waals surface area contributed by atoms with E-state index < -0.39 is 17.1 Å². The number of benzene rings is 1. The molecule has 0 saturated heterocycles. The second kappa shape index (κ2) is 4.85. The Balaban J connectivity index is 2.42. The molecule has 2 rings (SSSR count). The second-order valence-corrected chi connectivity index (χ2v) is 4.98. The summed E-state index contributed by atoms with van der Waals surface area (Å²) >= 11 is 0. The van der Waals surface area contributed by atoms with Crippen molar-refractivity contribution in [2.75, 3.05) is 6.61 Å². The SMILES string of the molecule is CC(C)(CO)NC(=O)c1cc2ccccc2oc1=O. The number of para-hydroxylation sites is 1. The molecule has 0 aliphatic carbocycles. The summed E-state index contributed by atoms with van der Waals surface area (Å²) in [4.78, 5) is 23.8. The number of fused-ring (bicyclic) bond motifs is 1. The molecule has 2 aromatic rings. The molecule has 0 radical (unpaired) electrons. The fourth-order valence-corrected chi connectivity index (χ4v) is 1.63. The third-order valence-electron chi connectivity index (χ3n) is 2.73. The molecule has 1 amide bonds. The van der Waals surface area contributed by atoms with Crippen LogP contribution in [-0.2, 0) is 0 Å². The van der Waals surface area contributed by atoms with Crippen molar-refractivity contribution in [3.63, 3.8) is 0 Å². The van der Waals surface area contributed by atoms with Crippen LogP contribution in [0.3, 0.4) is 0 Å². The molecular weight excluding hydrogens is 246 g/mol. The molecule has 0 unspecified atom stereocenters. The maximum Gasteiger partial charge on any atom is 0.349 e. The van der Waals surface area contributed by atoms with Gasteiger partial charge in [0.2, 0.25) is 0 Å². The first-order chi connectivity index (χ1) is 8.93. The second-order valence-electron chi connectivity index (χ2n) is 4.98. The van der Waals surface area contributed by atoms with Crippen molar-refractivity contribution in [2.24, 2.45) is 0 Å². The number of aliphatic hydroxyl groups is 1. The number of aliphatic hydroxyl groups excluding tert-OH is 1. The summed E-state index contributed by atoms with van der Waals surface area (Å²) in [6.45, 7) is 3.10. The summed E-state index contributed by atoms with van der Waals surface area (Å²) in [5.41, 5.74) is -1.12. The highest BCUT2D eigenvalue weighted by atomic mass is 16.4. The van der Waals surface area contributed by atoms with Crippen molar-refractivity contribution in [1.82, 2.24) is 5.32 Å². The van der Waals surface area contributed by atoms with Crippen molar-refractivity contribution >= 4 is 16.9 Å². The van der Waals surface area contributed by atoms with Crippen molar-refractivity contribution < 1.29 is 14.3 Å². The van der Waals surface area contributed by atoms with Crippen LogP contribution < -0.4 is 10.9 Å². The number of rotatable bonds is 3. The van der Waals surface area contributed by atoms with E-state index in [1.54, 1.807) is 38.1 Å². The van der Waals surface area contributed by atoms with Gasteiger partial charge in [0.05, 0.1) is 12.1 Å². The number of nitrogens with one attached hydrogen (secondary N) is 1. The number of hydrogen-bond acceptors (Lipinski definition) is 4. The van der Waals surface area contributed by atoms with Gasteiger partial charge >= 0.3 is 5.63 Å². The Kier molecular flexibility index (Phi) is 3.40. The van der Waals surface area contributed by atoms with Crippen LogP contribution in [0.5, 0.6) is 0 Å². The molecule has 0 spiro atoms. The quantitative estimate of drug-likeness (QED) is 0.816. The van der Waals surface area contributed by atoms with Gasteiger partial charge in [-0.05, 0) is 26.0 Å². The van der Waals surface area contributed by atoms with Gasteiger partial charge in [-0.2, -0.15) is 0 Å². The molecule has 5 nitrogen and oxygen atoms in total. The Morgan fingerprint density at radius 3 is 2.74 bits per heavy atom. The van der Waals surface area contributed by atoms with Crippen LogP contribution in [0, 0.1) is 0 Å². The topological polar surface area (TPSA) is 79.5 Å². The van der Waals surface area contributed by atoms with E-state index in [0.29, 0.717) is 11.0 Å². The third-order valence-corrected chi connectivity index (χ3v) is 2.73. The van der Waals surface area contributed by atoms with Crippen molar-refractivity contribution in [3.8, 4) is 0 Å². The van der Waals surface area contributed by atoms with Gasteiger partial charge in [0, 0.05) is 5.39 Å². The van der Waals surface area contributed by atoms with Crippen LogP contribution in [0.4, 0.5) is 0 Å². The van der Waals surface area contributed by atoms with E-state index in [4.69, 9.17) is 9.52 Å². The van der Waals surface area contributed by atoms with Crippen LogP contribution in [0.25, 0.3) is 11.0 Å². The number of carbonyl (C=O) groups is 1. The average Bonchev–Trinajstić information content (AvgIpc) is 2.37. The molecule has 1 aromatic heterocycles. The lowest BCUT2D eigenvalue weighted by Crippen LogP contribution is -2.47. The molecule has 2 N–H and O–H groups in total. The summed E-state index contributed by atoms with van der Waals surface area (Å²) in [7, 11) is 0. The molecule has 1 aromatic carbocycles. The van der Waals surface area contributed by atoms with Gasteiger partial charge in [0.25, 0.3) is 5.91 Å². The Morgan fingerprint density at radius 1 is 1.37 bits per heavy atom. The smallest absolute Gasteiger partial charge is 0.349 e. The highest BCUT2D eigenvalue weighted by molar-refractivity contribution is 5.96. The highest BCUT2D eigenvalue weighted by Gasteiger charge is 2.22. The van der Waals surface area contributed by atoms with Gasteiger partial charge in [0.1, 0.15) is 11.1 Å². The molecule has 0 aliphatic heterocycles. The molecular formula is C14H15NO4. The summed E-state index contributed by atoms with van der Waals surface area (Å²) in [6, 6.07) is 8.45. The molecule has 19 heavy (non-hydrogen) atoms. The van der Waals surface area contributed by atoms with Gasteiger partial charge in [-0.25, -0.2) is 4.79 Å². The first-order valence-electron chi connectivity index (χ1n) is 5.89. The van der Waals surface area contributed by atoms with Crippen molar-refractivity contribution in [1.29, 1.82) is 0 Å². The van der Waals surface area contributed by atoms with E-state index in [1.807, 2.05) is 0 Å². The summed E-state index contributed by atoms with van der Waals surface area (Å²) in [5, 5.41) is 12.4. The Morgan fingerprint density at radius 2 is 2.05 bits per heavy atom. The molecule has 5 heteroatoms. The lowest BCUT2D eigenvalue weighted by Gasteiger charge is -2.23. The van der Waals surface area contributed by atoms with E-state index in [1.165, 1.54) is 6.07 Å². The van der Waals surface area contributed by atoms with Gasteiger partial charge in [-0.3, -0.25) is 4.79 Å². The minimum atomic E-state index is -0.796. The fourth-order valence-electron chi connectivity index (χ4n) is 1.63. The van der Waals surface area contributed by atoms with Crippen LogP contribution in [0.1, 0.15) is 24.2 Å². The zero-order valence-electron chi connectivity index (χ0n) is 10.8.